The minimum atomic E-state index is 0.0919. The second-order valence-corrected chi connectivity index (χ2v) is 6.09. The molecule has 0 bridgehead atoms. The molecule has 2 aromatic rings. The highest BCUT2D eigenvalue weighted by Crippen LogP contribution is 2.19. The van der Waals surface area contributed by atoms with Gasteiger partial charge >= 0.3 is 0 Å². The van der Waals surface area contributed by atoms with Crippen LogP contribution < -0.4 is 10.6 Å². The van der Waals surface area contributed by atoms with Crippen LogP contribution in [0.4, 0.5) is 5.69 Å². The van der Waals surface area contributed by atoms with Crippen LogP contribution in [0, 0.1) is 0 Å². The Bertz CT molecular complexity index is 547. The molecule has 0 aliphatic carbocycles. The van der Waals surface area contributed by atoms with Crippen molar-refractivity contribution in [3.63, 3.8) is 0 Å². The Morgan fingerprint density at radius 2 is 1.57 bits per heavy atom. The fraction of sp³-hybridized carbons (Fsp3) is 0.368. The lowest BCUT2D eigenvalue weighted by Gasteiger charge is -2.27. The van der Waals surface area contributed by atoms with E-state index in [2.05, 4.69) is 86.0 Å². The van der Waals surface area contributed by atoms with E-state index in [1.807, 2.05) is 0 Å². The lowest BCUT2D eigenvalue weighted by Crippen LogP contribution is -2.45. The van der Waals surface area contributed by atoms with Crippen molar-refractivity contribution >= 4 is 5.69 Å². The van der Waals surface area contributed by atoms with Gasteiger partial charge in [-0.3, -0.25) is 0 Å². The third kappa shape index (κ3) is 4.91. The largest absolute Gasteiger partial charge is 0.383 e. The molecular formula is C19H26N2. The van der Waals surface area contributed by atoms with E-state index in [4.69, 9.17) is 0 Å². The molecule has 0 fully saturated rings. The predicted octanol–water partition coefficient (Wildman–Crippen LogP) is 4.08. The number of anilines is 1. The molecule has 0 aliphatic rings. The highest BCUT2D eigenvalue weighted by molar-refractivity contribution is 5.53. The molecular weight excluding hydrogens is 256 g/mol. The van der Waals surface area contributed by atoms with E-state index in [1.54, 1.807) is 0 Å². The number of likely N-dealkylation sites (N-methyl/N-ethyl adjacent to an activating group) is 1. The third-order valence-electron chi connectivity index (χ3n) is 3.63. The molecule has 0 unspecified atom stereocenters. The molecule has 2 aromatic carbocycles. The van der Waals surface area contributed by atoms with Crippen LogP contribution in [-0.2, 0) is 6.42 Å². The average Bonchev–Trinajstić information content (AvgIpc) is 2.47. The molecule has 0 saturated carbocycles. The standard InChI is InChI=1S/C19H26N2/c1-4-21-19(2,3)15-20-18-13-9-8-12-17(18)14-16-10-6-5-7-11-16/h5-13,20-21H,4,14-15H2,1-3H3. The van der Waals surface area contributed by atoms with Crippen molar-refractivity contribution in [2.45, 2.75) is 32.7 Å². The third-order valence-corrected chi connectivity index (χ3v) is 3.63. The van der Waals surface area contributed by atoms with Gasteiger partial charge in [-0.15, -0.1) is 0 Å². The highest BCUT2D eigenvalue weighted by Gasteiger charge is 2.15. The lowest BCUT2D eigenvalue weighted by molar-refractivity contribution is 0.421. The molecule has 2 nitrogen and oxygen atoms in total. The van der Waals surface area contributed by atoms with Gasteiger partial charge in [-0.1, -0.05) is 55.5 Å². The van der Waals surface area contributed by atoms with Crippen LogP contribution in [0.3, 0.4) is 0 Å². The minimum absolute atomic E-state index is 0.0919. The number of nitrogens with one attached hydrogen (secondary N) is 2. The normalized spacial score (nSPS) is 11.4. The lowest BCUT2D eigenvalue weighted by atomic mass is 10.0. The zero-order chi connectivity index (χ0) is 15.1. The van der Waals surface area contributed by atoms with E-state index >= 15 is 0 Å². The number of para-hydroxylation sites is 1. The molecule has 2 rings (SSSR count). The Morgan fingerprint density at radius 3 is 2.29 bits per heavy atom. The molecule has 21 heavy (non-hydrogen) atoms. The van der Waals surface area contributed by atoms with Gasteiger partial charge in [0.05, 0.1) is 0 Å². The summed E-state index contributed by atoms with van der Waals surface area (Å²) in [6.45, 7) is 8.49. The monoisotopic (exact) mass is 282 g/mol. The van der Waals surface area contributed by atoms with Gasteiger partial charge in [-0.25, -0.2) is 0 Å². The zero-order valence-corrected chi connectivity index (χ0v) is 13.3. The summed E-state index contributed by atoms with van der Waals surface area (Å²) in [6.07, 6.45) is 0.964. The summed E-state index contributed by atoms with van der Waals surface area (Å²) >= 11 is 0. The van der Waals surface area contributed by atoms with E-state index in [0.29, 0.717) is 0 Å². The van der Waals surface area contributed by atoms with Gasteiger partial charge in [0.1, 0.15) is 0 Å². The summed E-state index contributed by atoms with van der Waals surface area (Å²) in [7, 11) is 0. The van der Waals surface area contributed by atoms with Gasteiger partial charge in [0, 0.05) is 17.8 Å². The Labute approximate surface area is 128 Å². The van der Waals surface area contributed by atoms with Crippen molar-refractivity contribution in [2.24, 2.45) is 0 Å². The number of rotatable bonds is 7. The molecule has 2 N–H and O–H groups in total. The zero-order valence-electron chi connectivity index (χ0n) is 13.3. The van der Waals surface area contributed by atoms with E-state index < -0.39 is 0 Å². The topological polar surface area (TPSA) is 24.1 Å². The maximum Gasteiger partial charge on any atom is 0.0376 e. The molecule has 112 valence electrons. The minimum Gasteiger partial charge on any atom is -0.383 e. The molecule has 0 spiro atoms. The number of hydrogen-bond donors (Lipinski definition) is 2. The first-order valence-electron chi connectivity index (χ1n) is 7.71. The van der Waals surface area contributed by atoms with Crippen molar-refractivity contribution in [1.82, 2.24) is 5.32 Å². The second-order valence-electron chi connectivity index (χ2n) is 6.09. The maximum atomic E-state index is 3.60. The molecule has 2 heteroatoms. The van der Waals surface area contributed by atoms with Gasteiger partial charge in [-0.05, 0) is 44.0 Å². The van der Waals surface area contributed by atoms with Gasteiger partial charge in [0.15, 0.2) is 0 Å². The number of hydrogen-bond acceptors (Lipinski definition) is 2. The predicted molar refractivity (Wildman–Crippen MR) is 91.9 cm³/mol. The van der Waals surface area contributed by atoms with E-state index in [0.717, 1.165) is 19.5 Å². The van der Waals surface area contributed by atoms with Crippen molar-refractivity contribution < 1.29 is 0 Å². The van der Waals surface area contributed by atoms with Crippen molar-refractivity contribution in [3.05, 3.63) is 65.7 Å². The average molecular weight is 282 g/mol. The van der Waals surface area contributed by atoms with Crippen LogP contribution in [0.15, 0.2) is 54.6 Å². The molecule has 0 saturated heterocycles. The van der Waals surface area contributed by atoms with Crippen LogP contribution in [0.2, 0.25) is 0 Å². The van der Waals surface area contributed by atoms with E-state index in [1.165, 1.54) is 16.8 Å². The van der Waals surface area contributed by atoms with Crippen LogP contribution >= 0.6 is 0 Å². The molecule has 0 aliphatic heterocycles. The fourth-order valence-electron chi connectivity index (χ4n) is 2.52. The van der Waals surface area contributed by atoms with E-state index in [-0.39, 0.29) is 5.54 Å². The summed E-state index contributed by atoms with van der Waals surface area (Å²) in [5.41, 5.74) is 4.01. The van der Waals surface area contributed by atoms with Crippen molar-refractivity contribution in [2.75, 3.05) is 18.4 Å². The summed E-state index contributed by atoms with van der Waals surface area (Å²) in [5, 5.41) is 7.09. The van der Waals surface area contributed by atoms with E-state index in [9.17, 15) is 0 Å². The van der Waals surface area contributed by atoms with Crippen LogP contribution in [0.25, 0.3) is 0 Å². The van der Waals surface area contributed by atoms with Gasteiger partial charge < -0.3 is 10.6 Å². The highest BCUT2D eigenvalue weighted by atomic mass is 15.0. The summed E-state index contributed by atoms with van der Waals surface area (Å²) in [5.74, 6) is 0. The van der Waals surface area contributed by atoms with Crippen LogP contribution in [0.1, 0.15) is 31.9 Å². The van der Waals surface area contributed by atoms with Gasteiger partial charge in [-0.2, -0.15) is 0 Å². The summed E-state index contributed by atoms with van der Waals surface area (Å²) in [6, 6.07) is 19.2. The smallest absolute Gasteiger partial charge is 0.0376 e. The summed E-state index contributed by atoms with van der Waals surface area (Å²) < 4.78 is 0. The molecule has 0 heterocycles. The maximum absolute atomic E-state index is 3.60. The first kappa shape index (κ1) is 15.6. The van der Waals surface area contributed by atoms with Crippen molar-refractivity contribution in [1.29, 1.82) is 0 Å². The van der Waals surface area contributed by atoms with Gasteiger partial charge in [0.2, 0.25) is 0 Å². The van der Waals surface area contributed by atoms with Crippen molar-refractivity contribution in [3.8, 4) is 0 Å². The van der Waals surface area contributed by atoms with Gasteiger partial charge in [0.25, 0.3) is 0 Å². The molecule has 0 aromatic heterocycles. The molecule has 0 amide bonds. The van der Waals surface area contributed by atoms with Crippen LogP contribution in [-0.4, -0.2) is 18.6 Å². The fourth-order valence-corrected chi connectivity index (χ4v) is 2.52. The SMILES string of the molecule is CCNC(C)(C)CNc1ccccc1Cc1ccccc1. The Hall–Kier alpha value is -1.80. The molecule has 0 radical (unpaired) electrons. The molecule has 0 atom stereocenters. The first-order valence-corrected chi connectivity index (χ1v) is 7.71. The first-order chi connectivity index (χ1) is 10.1. The summed E-state index contributed by atoms with van der Waals surface area (Å²) in [4.78, 5) is 0. The Morgan fingerprint density at radius 1 is 0.905 bits per heavy atom. The quantitative estimate of drug-likeness (QED) is 0.799. The number of benzene rings is 2. The van der Waals surface area contributed by atoms with Crippen LogP contribution in [0.5, 0.6) is 0 Å². The Kier molecular flexibility index (Phi) is 5.40. The second kappa shape index (κ2) is 7.28. The Balaban J connectivity index is 2.07.